The zero-order valence-corrected chi connectivity index (χ0v) is 14.4. The van der Waals surface area contributed by atoms with Crippen molar-refractivity contribution in [2.45, 2.75) is 13.2 Å². The number of nitrogens with two attached hydrogens (primary N) is 1. The number of rotatable bonds is 9. The first-order chi connectivity index (χ1) is 10.7. The van der Waals surface area contributed by atoms with Crippen molar-refractivity contribution < 1.29 is 19.7 Å². The Hall–Kier alpha value is -1.56. The average Bonchev–Trinajstić information content (AvgIpc) is 3.03. The van der Waals surface area contributed by atoms with Crippen molar-refractivity contribution in [1.29, 1.82) is 0 Å². The smallest absolute Gasteiger partial charge is 0.161 e. The molecule has 3 N–H and O–H groups in total. The third-order valence-electron chi connectivity index (χ3n) is 3.41. The molecule has 0 atom stereocenters. The van der Waals surface area contributed by atoms with Gasteiger partial charge in [-0.25, -0.2) is 0 Å². The van der Waals surface area contributed by atoms with Crippen LogP contribution in [-0.2, 0) is 13.2 Å². The molecule has 0 saturated carbocycles. The van der Waals surface area contributed by atoms with Crippen LogP contribution in [0.3, 0.4) is 0 Å². The summed E-state index contributed by atoms with van der Waals surface area (Å²) in [5, 5.41) is 4.39. The molecule has 1 aromatic carbocycles. The largest absolute Gasteiger partial charge is 0.493 e. The van der Waals surface area contributed by atoms with Gasteiger partial charge in [0, 0.05) is 10.4 Å². The Labute approximate surface area is 136 Å². The van der Waals surface area contributed by atoms with Crippen molar-refractivity contribution in [3.8, 4) is 11.5 Å². The van der Waals surface area contributed by atoms with E-state index < -0.39 is 0 Å². The van der Waals surface area contributed by atoms with Gasteiger partial charge < -0.3 is 19.7 Å². The summed E-state index contributed by atoms with van der Waals surface area (Å²) < 4.78 is 11.3. The molecule has 22 heavy (non-hydrogen) atoms. The molecule has 0 fully saturated rings. The number of ether oxygens (including phenoxy) is 2. The molecular formula is C17H26N2O2S+2. The number of hydrogen-bond donors (Lipinski definition) is 2. The van der Waals surface area contributed by atoms with Crippen LogP contribution < -0.4 is 19.7 Å². The van der Waals surface area contributed by atoms with Crippen LogP contribution in [-0.4, -0.2) is 34.3 Å². The van der Waals surface area contributed by atoms with Gasteiger partial charge in [-0.15, -0.1) is 11.3 Å². The number of thiophene rings is 1. The molecule has 0 unspecified atom stereocenters. The molecular weight excluding hydrogens is 296 g/mol. The summed E-state index contributed by atoms with van der Waals surface area (Å²) >= 11 is 1.70. The second kappa shape index (κ2) is 8.78. The van der Waals surface area contributed by atoms with E-state index >= 15 is 0 Å². The van der Waals surface area contributed by atoms with Crippen molar-refractivity contribution in [2.75, 3.05) is 34.3 Å². The molecule has 4 nitrogen and oxygen atoms in total. The van der Waals surface area contributed by atoms with Crippen molar-refractivity contribution in [3.05, 3.63) is 46.2 Å². The molecule has 0 radical (unpaired) electrons. The Morgan fingerprint density at radius 1 is 1.18 bits per heavy atom. The van der Waals surface area contributed by atoms with Crippen LogP contribution in [0.4, 0.5) is 0 Å². The zero-order valence-electron chi connectivity index (χ0n) is 13.6. The minimum Gasteiger partial charge on any atom is -0.493 e. The van der Waals surface area contributed by atoms with Crippen LogP contribution in [0.25, 0.3) is 0 Å². The number of nitrogens with one attached hydrogen (secondary N) is 1. The Morgan fingerprint density at radius 3 is 2.73 bits per heavy atom. The van der Waals surface area contributed by atoms with Gasteiger partial charge in [0.15, 0.2) is 11.5 Å². The summed E-state index contributed by atoms with van der Waals surface area (Å²) in [6.45, 7) is 3.85. The van der Waals surface area contributed by atoms with Gasteiger partial charge in [0.2, 0.25) is 0 Å². The quantitative estimate of drug-likeness (QED) is 0.662. The molecule has 0 spiro atoms. The van der Waals surface area contributed by atoms with E-state index in [9.17, 15) is 0 Å². The van der Waals surface area contributed by atoms with E-state index in [0.717, 1.165) is 24.6 Å². The van der Waals surface area contributed by atoms with E-state index in [4.69, 9.17) is 9.47 Å². The summed E-state index contributed by atoms with van der Waals surface area (Å²) in [7, 11) is 6.05. The third-order valence-corrected chi connectivity index (χ3v) is 4.26. The summed E-state index contributed by atoms with van der Waals surface area (Å²) in [6, 6.07) is 10.3. The van der Waals surface area contributed by atoms with Crippen molar-refractivity contribution in [1.82, 2.24) is 0 Å². The van der Waals surface area contributed by atoms with Gasteiger partial charge in [0.1, 0.15) is 26.2 Å². The maximum atomic E-state index is 5.86. The highest BCUT2D eigenvalue weighted by atomic mass is 32.1. The van der Waals surface area contributed by atoms with E-state index in [1.165, 1.54) is 21.9 Å². The maximum Gasteiger partial charge on any atom is 0.161 e. The standard InChI is InChI=1S/C17H24N2O2S/c1-19(2)9-8-18-12-14-6-7-16(17(11-14)20-3)21-13-15-5-4-10-22-15/h4-7,10-11,18H,8-9,12-13H2,1-3H3/p+2. The first kappa shape index (κ1) is 16.8. The molecule has 2 aromatic rings. The Balaban J connectivity index is 1.89. The van der Waals surface area contributed by atoms with E-state index in [-0.39, 0.29) is 0 Å². The summed E-state index contributed by atoms with van der Waals surface area (Å²) in [5.74, 6) is 1.61. The number of quaternary nitrogens is 2. The fraction of sp³-hybridized carbons (Fsp3) is 0.412. The number of methoxy groups -OCH3 is 1. The topological polar surface area (TPSA) is 39.5 Å². The van der Waals surface area contributed by atoms with Gasteiger partial charge in [0.25, 0.3) is 0 Å². The monoisotopic (exact) mass is 322 g/mol. The summed E-state index contributed by atoms with van der Waals surface area (Å²) in [6.07, 6.45) is 0. The van der Waals surface area contributed by atoms with Crippen molar-refractivity contribution in [2.24, 2.45) is 0 Å². The first-order valence-corrected chi connectivity index (χ1v) is 8.50. The molecule has 0 aliphatic heterocycles. The Bertz CT molecular complexity index is 556. The molecule has 120 valence electrons. The second-order valence-corrected chi connectivity index (χ2v) is 6.62. The van der Waals surface area contributed by atoms with E-state index in [0.29, 0.717) is 6.61 Å². The lowest BCUT2D eigenvalue weighted by molar-refractivity contribution is -0.875. The highest BCUT2D eigenvalue weighted by molar-refractivity contribution is 7.09. The number of likely N-dealkylation sites (N-methyl/N-ethyl adjacent to an activating group) is 1. The van der Waals surface area contributed by atoms with Gasteiger partial charge in [-0.1, -0.05) is 6.07 Å². The van der Waals surface area contributed by atoms with E-state index in [1.54, 1.807) is 18.4 Å². The van der Waals surface area contributed by atoms with Gasteiger partial charge in [-0.2, -0.15) is 0 Å². The summed E-state index contributed by atoms with van der Waals surface area (Å²) in [5.41, 5.74) is 1.26. The minimum atomic E-state index is 0.588. The maximum absolute atomic E-state index is 5.86. The lowest BCUT2D eigenvalue weighted by Gasteiger charge is -2.11. The summed E-state index contributed by atoms with van der Waals surface area (Å²) in [4.78, 5) is 2.69. The molecule has 0 amide bonds. The van der Waals surface area contributed by atoms with Crippen LogP contribution in [0.1, 0.15) is 10.4 Å². The van der Waals surface area contributed by atoms with Crippen LogP contribution in [0, 0.1) is 0 Å². The van der Waals surface area contributed by atoms with Gasteiger partial charge >= 0.3 is 0 Å². The Morgan fingerprint density at radius 2 is 2.05 bits per heavy atom. The van der Waals surface area contributed by atoms with Crippen LogP contribution in [0.15, 0.2) is 35.7 Å². The predicted octanol–water partition coefficient (Wildman–Crippen LogP) is 0.544. The molecule has 1 heterocycles. The fourth-order valence-corrected chi connectivity index (χ4v) is 2.78. The third kappa shape index (κ3) is 5.33. The first-order valence-electron chi connectivity index (χ1n) is 7.62. The molecule has 1 aromatic heterocycles. The van der Waals surface area contributed by atoms with Crippen molar-refractivity contribution in [3.63, 3.8) is 0 Å². The zero-order chi connectivity index (χ0) is 15.8. The number of benzene rings is 1. The van der Waals surface area contributed by atoms with Crippen molar-refractivity contribution >= 4 is 11.3 Å². The SMILES string of the molecule is COc1cc(C[NH2+]CC[NH+](C)C)ccc1OCc1cccs1. The van der Waals surface area contributed by atoms with E-state index in [2.05, 4.69) is 43.0 Å². The lowest BCUT2D eigenvalue weighted by Crippen LogP contribution is -3.09. The molecule has 0 saturated heterocycles. The lowest BCUT2D eigenvalue weighted by atomic mass is 10.2. The van der Waals surface area contributed by atoms with Crippen LogP contribution in [0.5, 0.6) is 11.5 Å². The molecule has 0 bridgehead atoms. The molecule has 2 rings (SSSR count). The number of hydrogen-bond acceptors (Lipinski definition) is 3. The van der Waals surface area contributed by atoms with E-state index in [1.807, 2.05) is 12.1 Å². The van der Waals surface area contributed by atoms with Crippen LogP contribution in [0.2, 0.25) is 0 Å². The minimum absolute atomic E-state index is 0.588. The second-order valence-electron chi connectivity index (χ2n) is 5.59. The highest BCUT2D eigenvalue weighted by Crippen LogP contribution is 2.29. The molecule has 0 aliphatic rings. The molecule has 5 heteroatoms. The molecule has 0 aliphatic carbocycles. The van der Waals surface area contributed by atoms with Gasteiger partial charge in [-0.05, 0) is 29.6 Å². The van der Waals surface area contributed by atoms with Crippen LogP contribution >= 0.6 is 11.3 Å². The normalized spacial score (nSPS) is 10.9. The fourth-order valence-electron chi connectivity index (χ4n) is 2.16. The van der Waals surface area contributed by atoms with Gasteiger partial charge in [0.05, 0.1) is 21.2 Å². The average molecular weight is 322 g/mol. The highest BCUT2D eigenvalue weighted by Gasteiger charge is 2.08. The Kier molecular flexibility index (Phi) is 6.71. The van der Waals surface area contributed by atoms with Gasteiger partial charge in [-0.3, -0.25) is 0 Å². The predicted molar refractivity (Wildman–Crippen MR) is 89.8 cm³/mol.